The number of amides is 2. The second-order valence-corrected chi connectivity index (χ2v) is 9.90. The molecule has 0 aromatic carbocycles. The number of nitrogens with one attached hydrogen (secondary N) is 1. The minimum absolute atomic E-state index is 0.0126. The van der Waals surface area contributed by atoms with Crippen LogP contribution in [0.15, 0.2) is 0 Å². The van der Waals surface area contributed by atoms with Crippen LogP contribution in [0.5, 0.6) is 0 Å². The van der Waals surface area contributed by atoms with Crippen molar-refractivity contribution < 1.29 is 47.2 Å². The van der Waals surface area contributed by atoms with E-state index in [0.29, 0.717) is 19.4 Å². The zero-order valence-electron chi connectivity index (χ0n) is 21.6. The number of nitrogens with zero attached hydrogens (tertiary/aromatic N) is 2. The van der Waals surface area contributed by atoms with Crippen molar-refractivity contribution in [3.63, 3.8) is 0 Å². The Labute approximate surface area is 212 Å². The number of phosphoric ester groups is 1. The lowest BCUT2D eigenvalue weighted by atomic mass is 9.96. The molecule has 14 heteroatoms. The summed E-state index contributed by atoms with van der Waals surface area (Å²) in [7, 11) is -2.74. The molecule has 2 amide bonds. The molecule has 1 aliphatic rings. The van der Waals surface area contributed by atoms with E-state index in [1.807, 2.05) is 0 Å². The maximum Gasteiger partial charge on any atom is 0.472 e. The first-order valence-corrected chi connectivity index (χ1v) is 13.7. The fourth-order valence-electron chi connectivity index (χ4n) is 3.24. The molecule has 0 saturated carbocycles. The summed E-state index contributed by atoms with van der Waals surface area (Å²) in [6, 6.07) is 0. The highest BCUT2D eigenvalue weighted by molar-refractivity contribution is 7.47. The van der Waals surface area contributed by atoms with E-state index in [4.69, 9.17) is 18.5 Å². The number of hydrogen-bond donors (Lipinski definition) is 2. The Morgan fingerprint density at radius 3 is 2.31 bits per heavy atom. The quantitative estimate of drug-likeness (QED) is 0.162. The lowest BCUT2D eigenvalue weighted by Crippen LogP contribution is -2.43. The summed E-state index contributed by atoms with van der Waals surface area (Å²) in [5, 5.41) is 2.69. The normalized spacial score (nSPS) is 17.0. The lowest BCUT2D eigenvalue weighted by molar-refractivity contribution is -0.160. The van der Waals surface area contributed by atoms with Crippen LogP contribution in [0.4, 0.5) is 0 Å². The summed E-state index contributed by atoms with van der Waals surface area (Å²) in [5.41, 5.74) is 0. The largest absolute Gasteiger partial charge is 0.472 e. The van der Waals surface area contributed by atoms with Crippen molar-refractivity contribution in [3.05, 3.63) is 0 Å². The maximum atomic E-state index is 12.4. The zero-order chi connectivity index (χ0) is 27.1. The van der Waals surface area contributed by atoms with E-state index in [1.54, 1.807) is 25.8 Å². The van der Waals surface area contributed by atoms with Gasteiger partial charge in [-0.3, -0.25) is 28.2 Å². The Bertz CT molecular complexity index is 773. The summed E-state index contributed by atoms with van der Waals surface area (Å²) in [6.45, 7) is 6.50. The highest BCUT2D eigenvalue weighted by Gasteiger charge is 2.27. The van der Waals surface area contributed by atoms with E-state index < -0.39 is 32.5 Å². The number of likely N-dealkylation sites (tertiary alicyclic amines) is 1. The fourth-order valence-corrected chi connectivity index (χ4v) is 3.99. The van der Waals surface area contributed by atoms with Crippen LogP contribution < -0.4 is 5.32 Å². The van der Waals surface area contributed by atoms with Crippen LogP contribution in [-0.4, -0.2) is 104 Å². The Balaban J connectivity index is 2.32. The number of likely N-dealkylation sites (N-methyl/N-ethyl adjacent to an activating group) is 1. The molecule has 0 radical (unpaired) electrons. The molecule has 1 aliphatic heterocycles. The summed E-state index contributed by atoms with van der Waals surface area (Å²) < 4.78 is 31.8. The van der Waals surface area contributed by atoms with Gasteiger partial charge in [0.25, 0.3) is 0 Å². The first-order chi connectivity index (χ1) is 17.0. The molecule has 0 aliphatic carbocycles. The Morgan fingerprint density at radius 2 is 1.72 bits per heavy atom. The predicted molar refractivity (Wildman–Crippen MR) is 129 cm³/mol. The highest BCUT2D eigenvalue weighted by Crippen LogP contribution is 2.43. The molecule has 0 bridgehead atoms. The van der Waals surface area contributed by atoms with Gasteiger partial charge in [-0.05, 0) is 25.9 Å². The van der Waals surface area contributed by atoms with Gasteiger partial charge in [0.2, 0.25) is 11.8 Å². The molecule has 2 N–H and O–H groups in total. The maximum absolute atomic E-state index is 12.4. The summed E-state index contributed by atoms with van der Waals surface area (Å²) in [6.07, 6.45) is 0.490. The minimum atomic E-state index is -4.49. The van der Waals surface area contributed by atoms with Crippen LogP contribution in [-0.2, 0) is 42.3 Å². The van der Waals surface area contributed by atoms with Crippen molar-refractivity contribution in [3.8, 4) is 0 Å². The molecule has 0 spiro atoms. The SMILES string of the molecule is CCC(=O)OCC(COP(=O)(O)OCCNC(=O)C1CCN(CCN(C)C(C)=O)CC1)OC(=O)CC. The number of ether oxygens (including phenoxy) is 2. The van der Waals surface area contributed by atoms with Gasteiger partial charge in [0.05, 0.1) is 13.2 Å². The molecule has 1 saturated heterocycles. The smallest absolute Gasteiger partial charge is 0.462 e. The molecule has 1 rings (SSSR count). The Hall–Kier alpha value is -2.05. The second-order valence-electron chi connectivity index (χ2n) is 8.45. The summed E-state index contributed by atoms with van der Waals surface area (Å²) in [4.78, 5) is 60.3. The molecule has 2 unspecified atom stereocenters. The molecule has 208 valence electrons. The third-order valence-corrected chi connectivity index (χ3v) is 6.62. The van der Waals surface area contributed by atoms with Gasteiger partial charge in [-0.1, -0.05) is 13.8 Å². The van der Waals surface area contributed by atoms with E-state index in [1.165, 1.54) is 6.92 Å². The van der Waals surface area contributed by atoms with Gasteiger partial charge in [0.15, 0.2) is 6.10 Å². The van der Waals surface area contributed by atoms with Gasteiger partial charge in [-0.2, -0.15) is 0 Å². The van der Waals surface area contributed by atoms with Gasteiger partial charge in [-0.25, -0.2) is 4.57 Å². The molecule has 0 aromatic rings. The number of rotatable bonds is 16. The van der Waals surface area contributed by atoms with Crippen LogP contribution in [0.25, 0.3) is 0 Å². The number of phosphoric acid groups is 1. The third kappa shape index (κ3) is 13.3. The molecule has 1 heterocycles. The van der Waals surface area contributed by atoms with Crippen molar-refractivity contribution in [2.75, 3.05) is 59.6 Å². The molecule has 36 heavy (non-hydrogen) atoms. The van der Waals surface area contributed by atoms with Crippen molar-refractivity contribution in [1.82, 2.24) is 15.1 Å². The van der Waals surface area contributed by atoms with E-state index in [9.17, 15) is 28.6 Å². The predicted octanol–water partition coefficient (Wildman–Crippen LogP) is 0.702. The molecule has 13 nitrogen and oxygen atoms in total. The molecule has 2 atom stereocenters. The van der Waals surface area contributed by atoms with Gasteiger partial charge in [0, 0.05) is 52.4 Å². The first-order valence-electron chi connectivity index (χ1n) is 12.2. The number of esters is 2. The highest BCUT2D eigenvalue weighted by atomic mass is 31.2. The second kappa shape index (κ2) is 16.6. The van der Waals surface area contributed by atoms with Gasteiger partial charge < -0.3 is 29.5 Å². The van der Waals surface area contributed by atoms with Crippen LogP contribution >= 0.6 is 7.82 Å². The first kappa shape index (κ1) is 32.0. The molecule has 0 aromatic heterocycles. The van der Waals surface area contributed by atoms with E-state index in [2.05, 4.69) is 10.2 Å². The topological polar surface area (TPSA) is 161 Å². The number of piperidine rings is 1. The summed E-state index contributed by atoms with van der Waals surface area (Å²) in [5.74, 6) is -1.40. The van der Waals surface area contributed by atoms with Crippen molar-refractivity contribution in [1.29, 1.82) is 0 Å². The number of carbonyl (C=O) groups excluding carboxylic acids is 4. The van der Waals surface area contributed by atoms with Gasteiger partial charge in [0.1, 0.15) is 6.61 Å². The third-order valence-electron chi connectivity index (χ3n) is 5.63. The standard InChI is InChI=1S/C22H40N3O10P/c1-5-20(27)32-15-19(35-21(28)6-2)16-34-36(30,31)33-14-9-23-22(29)18-7-10-25(11-8-18)13-12-24(4)17(3)26/h18-19H,5-16H2,1-4H3,(H,23,29)(H,30,31). The average molecular weight is 538 g/mol. The van der Waals surface area contributed by atoms with E-state index >= 15 is 0 Å². The van der Waals surface area contributed by atoms with Crippen LogP contribution in [0.1, 0.15) is 46.5 Å². The Morgan fingerprint density at radius 1 is 1.08 bits per heavy atom. The van der Waals surface area contributed by atoms with E-state index in [-0.39, 0.29) is 50.3 Å². The fraction of sp³-hybridized carbons (Fsp3) is 0.818. The van der Waals surface area contributed by atoms with Crippen LogP contribution in [0, 0.1) is 5.92 Å². The number of carbonyl (C=O) groups is 4. The van der Waals surface area contributed by atoms with Crippen molar-refractivity contribution in [2.24, 2.45) is 5.92 Å². The zero-order valence-corrected chi connectivity index (χ0v) is 22.5. The minimum Gasteiger partial charge on any atom is -0.462 e. The van der Waals surface area contributed by atoms with Crippen LogP contribution in [0.2, 0.25) is 0 Å². The average Bonchev–Trinajstić information content (AvgIpc) is 2.86. The molecular weight excluding hydrogens is 497 g/mol. The van der Waals surface area contributed by atoms with Crippen molar-refractivity contribution >= 4 is 31.6 Å². The lowest BCUT2D eigenvalue weighted by Gasteiger charge is -2.32. The number of hydrogen-bond acceptors (Lipinski definition) is 10. The van der Waals surface area contributed by atoms with E-state index in [0.717, 1.165) is 19.6 Å². The molecular formula is C22H40N3O10P. The van der Waals surface area contributed by atoms with Crippen molar-refractivity contribution in [2.45, 2.75) is 52.6 Å². The Kier molecular flexibility index (Phi) is 14.8. The summed E-state index contributed by atoms with van der Waals surface area (Å²) >= 11 is 0. The van der Waals surface area contributed by atoms with Crippen LogP contribution in [0.3, 0.4) is 0 Å². The monoisotopic (exact) mass is 537 g/mol. The van der Waals surface area contributed by atoms with Gasteiger partial charge in [-0.15, -0.1) is 0 Å². The molecule has 1 fully saturated rings. The van der Waals surface area contributed by atoms with Gasteiger partial charge >= 0.3 is 19.8 Å².